The highest BCUT2D eigenvalue weighted by atomic mass is 19.1. The molecule has 0 bridgehead atoms. The van der Waals surface area contributed by atoms with Crippen LogP contribution in [0, 0.1) is 5.82 Å². The number of ether oxygens (including phenoxy) is 2. The van der Waals surface area contributed by atoms with Gasteiger partial charge in [0.25, 0.3) is 0 Å². The predicted octanol–water partition coefficient (Wildman–Crippen LogP) is 3.70. The lowest BCUT2D eigenvalue weighted by Crippen LogP contribution is -2.04. The van der Waals surface area contributed by atoms with Gasteiger partial charge in [0.15, 0.2) is 11.5 Å². The predicted molar refractivity (Wildman–Crippen MR) is 79.2 cm³/mol. The van der Waals surface area contributed by atoms with Crippen molar-refractivity contribution in [2.24, 2.45) is 0 Å². The Balaban J connectivity index is 2.35. The summed E-state index contributed by atoms with van der Waals surface area (Å²) >= 11 is 0. The summed E-state index contributed by atoms with van der Waals surface area (Å²) in [5.41, 5.74) is 0.802. The van der Waals surface area contributed by atoms with Crippen molar-refractivity contribution in [1.82, 2.24) is 0 Å². The molecule has 0 saturated carbocycles. The summed E-state index contributed by atoms with van der Waals surface area (Å²) in [5.74, 6) is 0.730. The van der Waals surface area contributed by atoms with Gasteiger partial charge in [0.1, 0.15) is 11.9 Å². The number of benzene rings is 2. The zero-order chi connectivity index (χ0) is 15.2. The van der Waals surface area contributed by atoms with Crippen LogP contribution in [0.4, 0.5) is 4.39 Å². The maximum atomic E-state index is 13.8. The van der Waals surface area contributed by atoms with E-state index in [0.717, 1.165) is 0 Å². The molecule has 1 atom stereocenters. The molecule has 0 amide bonds. The van der Waals surface area contributed by atoms with Crippen LogP contribution in [0.15, 0.2) is 42.5 Å². The molecule has 0 fully saturated rings. The van der Waals surface area contributed by atoms with Crippen LogP contribution in [-0.4, -0.2) is 18.3 Å². The summed E-state index contributed by atoms with van der Waals surface area (Å²) in [4.78, 5) is 0. The first kappa shape index (κ1) is 15.3. The van der Waals surface area contributed by atoms with Crippen molar-refractivity contribution in [3.05, 3.63) is 59.4 Å². The van der Waals surface area contributed by atoms with Crippen molar-refractivity contribution in [2.45, 2.75) is 20.0 Å². The second-order valence-electron chi connectivity index (χ2n) is 4.50. The Kier molecular flexibility index (Phi) is 5.17. The molecule has 3 nitrogen and oxygen atoms in total. The summed E-state index contributed by atoms with van der Waals surface area (Å²) < 4.78 is 24.7. The highest BCUT2D eigenvalue weighted by molar-refractivity contribution is 5.45. The van der Waals surface area contributed by atoms with Crippen molar-refractivity contribution in [3.8, 4) is 11.5 Å². The number of halogens is 1. The molecule has 0 aliphatic rings. The van der Waals surface area contributed by atoms with Crippen molar-refractivity contribution in [2.75, 3.05) is 13.2 Å². The Hall–Kier alpha value is -2.07. The first-order valence-electron chi connectivity index (χ1n) is 6.99. The van der Waals surface area contributed by atoms with E-state index in [1.165, 1.54) is 6.07 Å². The quantitative estimate of drug-likeness (QED) is 0.881. The fourth-order valence-corrected chi connectivity index (χ4v) is 2.11. The molecule has 21 heavy (non-hydrogen) atoms. The summed E-state index contributed by atoms with van der Waals surface area (Å²) in [6.45, 7) is 4.77. The van der Waals surface area contributed by atoms with E-state index in [-0.39, 0.29) is 5.56 Å². The molecule has 2 aromatic carbocycles. The van der Waals surface area contributed by atoms with Crippen LogP contribution in [0.1, 0.15) is 31.1 Å². The Bertz CT molecular complexity index is 598. The molecule has 1 N–H and O–H groups in total. The summed E-state index contributed by atoms with van der Waals surface area (Å²) in [6.07, 6.45) is -1.04. The summed E-state index contributed by atoms with van der Waals surface area (Å²) in [7, 11) is 0. The minimum Gasteiger partial charge on any atom is -0.490 e. The van der Waals surface area contributed by atoms with Gasteiger partial charge in [0.05, 0.1) is 13.2 Å². The van der Waals surface area contributed by atoms with E-state index in [1.807, 2.05) is 13.8 Å². The highest BCUT2D eigenvalue weighted by Gasteiger charge is 2.17. The third-order valence-corrected chi connectivity index (χ3v) is 3.08. The Morgan fingerprint density at radius 3 is 2.33 bits per heavy atom. The molecule has 0 aliphatic heterocycles. The van der Waals surface area contributed by atoms with Crippen molar-refractivity contribution >= 4 is 0 Å². The number of aliphatic hydroxyl groups is 1. The molecule has 0 saturated heterocycles. The Morgan fingerprint density at radius 2 is 1.67 bits per heavy atom. The van der Waals surface area contributed by atoms with Crippen LogP contribution in [-0.2, 0) is 0 Å². The molecule has 112 valence electrons. The molecule has 2 aromatic rings. The van der Waals surface area contributed by atoms with E-state index in [0.29, 0.717) is 30.3 Å². The van der Waals surface area contributed by atoms with Crippen molar-refractivity contribution < 1.29 is 19.0 Å². The van der Waals surface area contributed by atoms with Crippen molar-refractivity contribution in [1.29, 1.82) is 0 Å². The number of aliphatic hydroxyl groups excluding tert-OH is 1. The van der Waals surface area contributed by atoms with Gasteiger partial charge >= 0.3 is 0 Å². The maximum Gasteiger partial charge on any atom is 0.161 e. The van der Waals surface area contributed by atoms with E-state index < -0.39 is 11.9 Å². The standard InChI is InChI=1S/C17H19FO3/c1-3-20-15-10-9-12(11-16(15)21-4-2)17(19)13-7-5-6-8-14(13)18/h5-11,17,19H,3-4H2,1-2H3. The smallest absolute Gasteiger partial charge is 0.161 e. The molecule has 0 spiro atoms. The second kappa shape index (κ2) is 7.09. The molecule has 0 heterocycles. The third kappa shape index (κ3) is 3.52. The highest BCUT2D eigenvalue weighted by Crippen LogP contribution is 2.33. The van der Waals surface area contributed by atoms with Gasteiger partial charge in [0.2, 0.25) is 0 Å². The normalized spacial score (nSPS) is 12.0. The van der Waals surface area contributed by atoms with Crippen molar-refractivity contribution in [3.63, 3.8) is 0 Å². The lowest BCUT2D eigenvalue weighted by molar-refractivity contribution is 0.213. The van der Waals surface area contributed by atoms with Gasteiger partial charge in [-0.2, -0.15) is 0 Å². The van der Waals surface area contributed by atoms with Crippen LogP contribution < -0.4 is 9.47 Å². The van der Waals surface area contributed by atoms with Gasteiger partial charge < -0.3 is 14.6 Å². The van der Waals surface area contributed by atoms with E-state index in [1.54, 1.807) is 36.4 Å². The fraction of sp³-hybridized carbons (Fsp3) is 0.294. The molecule has 0 radical (unpaired) electrons. The lowest BCUT2D eigenvalue weighted by Gasteiger charge is -2.16. The molecule has 0 aliphatic carbocycles. The van der Waals surface area contributed by atoms with Crippen LogP contribution >= 0.6 is 0 Å². The number of rotatable bonds is 6. The van der Waals surface area contributed by atoms with Gasteiger partial charge in [-0.1, -0.05) is 24.3 Å². The van der Waals surface area contributed by atoms with Crippen LogP contribution in [0.2, 0.25) is 0 Å². The lowest BCUT2D eigenvalue weighted by atomic mass is 10.0. The number of hydrogen-bond donors (Lipinski definition) is 1. The minimum atomic E-state index is -1.04. The fourth-order valence-electron chi connectivity index (χ4n) is 2.11. The Labute approximate surface area is 124 Å². The molecule has 1 unspecified atom stereocenters. The molecular weight excluding hydrogens is 271 g/mol. The molecule has 4 heteroatoms. The van der Waals surface area contributed by atoms with Gasteiger partial charge in [-0.3, -0.25) is 0 Å². The molecule has 2 rings (SSSR count). The second-order valence-corrected chi connectivity index (χ2v) is 4.50. The van der Waals surface area contributed by atoms with E-state index in [9.17, 15) is 9.50 Å². The third-order valence-electron chi connectivity index (χ3n) is 3.08. The zero-order valence-electron chi connectivity index (χ0n) is 12.2. The first-order chi connectivity index (χ1) is 10.2. The maximum absolute atomic E-state index is 13.8. The van der Waals surface area contributed by atoms with Gasteiger partial charge in [-0.15, -0.1) is 0 Å². The molecular formula is C17H19FO3. The minimum absolute atomic E-state index is 0.240. The van der Waals surface area contributed by atoms with Gasteiger partial charge in [-0.05, 0) is 37.6 Å². The largest absolute Gasteiger partial charge is 0.490 e. The molecule has 0 aromatic heterocycles. The summed E-state index contributed by atoms with van der Waals surface area (Å²) in [5, 5.41) is 10.3. The average Bonchev–Trinajstić information content (AvgIpc) is 2.49. The van der Waals surface area contributed by atoms with Gasteiger partial charge in [-0.25, -0.2) is 4.39 Å². The van der Waals surface area contributed by atoms with E-state index in [2.05, 4.69) is 0 Å². The van der Waals surface area contributed by atoms with Crippen LogP contribution in [0.25, 0.3) is 0 Å². The van der Waals surface area contributed by atoms with Crippen LogP contribution in [0.5, 0.6) is 11.5 Å². The topological polar surface area (TPSA) is 38.7 Å². The van der Waals surface area contributed by atoms with Crippen LogP contribution in [0.3, 0.4) is 0 Å². The van der Waals surface area contributed by atoms with E-state index in [4.69, 9.17) is 9.47 Å². The van der Waals surface area contributed by atoms with Gasteiger partial charge in [0, 0.05) is 5.56 Å². The number of hydrogen-bond acceptors (Lipinski definition) is 3. The zero-order valence-corrected chi connectivity index (χ0v) is 12.2. The first-order valence-corrected chi connectivity index (χ1v) is 6.99. The average molecular weight is 290 g/mol. The SMILES string of the molecule is CCOc1ccc(C(O)c2ccccc2F)cc1OCC. The van der Waals surface area contributed by atoms with E-state index >= 15 is 0 Å². The summed E-state index contributed by atoms with van der Waals surface area (Å²) in [6, 6.07) is 11.3. The monoisotopic (exact) mass is 290 g/mol. The Morgan fingerprint density at radius 1 is 1.00 bits per heavy atom.